The van der Waals surface area contributed by atoms with Gasteiger partial charge in [0.05, 0.1) is 26.8 Å². The predicted molar refractivity (Wildman–Crippen MR) is 198 cm³/mol. The second-order valence-electron chi connectivity index (χ2n) is 11.3. The number of carbonyl (C=O) groups is 1. The maximum atomic E-state index is 15.7. The first-order valence-electron chi connectivity index (χ1n) is 25.0. The molecule has 0 aromatic heterocycles. The highest BCUT2D eigenvalue weighted by Crippen LogP contribution is 2.41. The number of amides is 1. The Morgan fingerprint density at radius 2 is 1.75 bits per heavy atom. The van der Waals surface area contributed by atoms with Crippen LogP contribution in [0.3, 0.4) is 0 Å². The molecule has 2 heterocycles. The number of alkyl halides is 3. The predicted octanol–water partition coefficient (Wildman–Crippen LogP) is 8.73. The quantitative estimate of drug-likeness (QED) is 0.146. The minimum absolute atomic E-state index is 0.0257. The van der Waals surface area contributed by atoms with E-state index in [-0.39, 0.29) is 43.8 Å². The molecule has 1 amide bonds. The summed E-state index contributed by atoms with van der Waals surface area (Å²) in [4.78, 5) is 14.8. The molecule has 2 aliphatic rings. The van der Waals surface area contributed by atoms with Crippen LogP contribution >= 0.6 is 11.8 Å². The number of hydrogen-bond acceptors (Lipinski definition) is 6. The van der Waals surface area contributed by atoms with Gasteiger partial charge >= 0.3 is 6.18 Å². The Labute approximate surface area is 337 Å². The summed E-state index contributed by atoms with van der Waals surface area (Å²) in [6.07, 6.45) is -15.9. The molecule has 1 N–H and O–H groups in total. The number of hydrogen-bond donors (Lipinski definition) is 1. The Bertz CT molecular complexity index is 2790. The van der Waals surface area contributed by atoms with Crippen molar-refractivity contribution in [1.82, 2.24) is 9.80 Å². The van der Waals surface area contributed by atoms with Crippen LogP contribution in [-0.4, -0.2) is 66.5 Å². The first-order chi connectivity index (χ1) is 32.7. The van der Waals surface area contributed by atoms with Crippen LogP contribution < -0.4 is 4.90 Å². The molecule has 0 aliphatic carbocycles. The zero-order valence-corrected chi connectivity index (χ0v) is 28.6. The first kappa shape index (κ1) is 21.0. The van der Waals surface area contributed by atoms with Crippen molar-refractivity contribution in [3.8, 4) is 11.1 Å². The molecular formula is C41H42F5N3O3S. The molecule has 1 unspecified atom stereocenters. The van der Waals surface area contributed by atoms with Crippen molar-refractivity contribution in [3.05, 3.63) is 135 Å². The zero-order chi connectivity index (χ0) is 54.7. The summed E-state index contributed by atoms with van der Waals surface area (Å²) in [6.45, 7) is -17.7. The van der Waals surface area contributed by atoms with E-state index in [9.17, 15) is 32.3 Å². The number of fused-ring (bicyclic) bond motifs is 1. The normalized spacial score (nSPS) is 27.4. The Morgan fingerprint density at radius 1 is 1.08 bits per heavy atom. The molecule has 12 heteroatoms. The van der Waals surface area contributed by atoms with Crippen molar-refractivity contribution in [2.24, 2.45) is 0 Å². The van der Waals surface area contributed by atoms with E-state index in [0.29, 0.717) is 6.07 Å². The van der Waals surface area contributed by atoms with Gasteiger partial charge in [-0.25, -0.2) is 8.78 Å². The van der Waals surface area contributed by atoms with Gasteiger partial charge in [-0.15, -0.1) is 11.8 Å². The van der Waals surface area contributed by atoms with Gasteiger partial charge in [-0.2, -0.15) is 13.2 Å². The number of nitrogens with zero attached hydrogens (tertiary/aromatic N) is 3. The molecule has 2 aliphatic heterocycles. The van der Waals surface area contributed by atoms with Gasteiger partial charge in [-0.1, -0.05) is 66.2 Å². The smallest absolute Gasteiger partial charge is 0.384 e. The molecule has 1 fully saturated rings. The zero-order valence-electron chi connectivity index (χ0n) is 46.7. The molecule has 1 atom stereocenters. The third-order valence-corrected chi connectivity index (χ3v) is 8.43. The third-order valence-electron chi connectivity index (χ3n) is 7.62. The topological polar surface area (TPSA) is 56.3 Å². The minimum atomic E-state index is -4.70. The van der Waals surface area contributed by atoms with E-state index in [4.69, 9.17) is 21.2 Å². The van der Waals surface area contributed by atoms with Crippen LogP contribution in [0.2, 0.25) is 0 Å². The molecule has 0 bridgehead atoms. The molecule has 4 aromatic rings. The Morgan fingerprint density at radius 3 is 2.42 bits per heavy atom. The number of benzene rings is 4. The van der Waals surface area contributed by atoms with Gasteiger partial charge in [-0.3, -0.25) is 4.79 Å². The number of anilines is 1. The number of piperidine rings is 1. The van der Waals surface area contributed by atoms with E-state index >= 15 is 9.18 Å². The fourth-order valence-electron chi connectivity index (χ4n) is 4.98. The summed E-state index contributed by atoms with van der Waals surface area (Å²) < 4.78 is 247. The van der Waals surface area contributed by atoms with Crippen molar-refractivity contribution < 1.29 is 62.6 Å². The average molecular weight is 771 g/mol. The molecular weight excluding hydrogens is 710 g/mol. The maximum Gasteiger partial charge on any atom is 0.416 e. The number of carbonyl (C=O) groups excluding carboxylic acids is 1. The number of halogens is 5. The SMILES string of the molecule is [2H]C1=C(SC([2H])([2H])c2cccc(F)c2F)N(C([2H])([2H])C(=O)N(Cc2ccc(-c3ccc(C(F)(F)F)cc3)cc2)C2([2H])C([2H])([2H])C([2H])([2H])N(C([2H])([2H])COC)C([2H])([2H])C2([2H])[2H])c2c([2H])c([2H])c(C)c([2H])c2C1O. The highest BCUT2D eigenvalue weighted by molar-refractivity contribution is 8.02. The van der Waals surface area contributed by atoms with Crippen molar-refractivity contribution in [1.29, 1.82) is 0 Å². The lowest BCUT2D eigenvalue weighted by molar-refractivity contribution is -0.137. The molecule has 0 spiro atoms. The molecule has 280 valence electrons. The Hall–Kier alpha value is -4.23. The maximum absolute atomic E-state index is 15.7. The summed E-state index contributed by atoms with van der Waals surface area (Å²) in [5.41, 5.74) is -7.68. The molecule has 53 heavy (non-hydrogen) atoms. The van der Waals surface area contributed by atoms with Crippen LogP contribution in [0.5, 0.6) is 0 Å². The Kier molecular flexibility index (Phi) is 6.68. The van der Waals surface area contributed by atoms with E-state index in [2.05, 4.69) is 0 Å². The fraction of sp³-hybridized carbons (Fsp3) is 0.341. The number of thioether (sulfide) groups is 1. The van der Waals surface area contributed by atoms with Gasteiger partial charge in [0, 0.05) is 78.1 Å². The molecule has 0 saturated carbocycles. The van der Waals surface area contributed by atoms with Crippen molar-refractivity contribution in [2.75, 3.05) is 44.6 Å². The summed E-state index contributed by atoms with van der Waals surface area (Å²) >= 11 is -0.359. The van der Waals surface area contributed by atoms with E-state index < -0.39 is 150 Å². The number of rotatable bonds is 12. The lowest BCUT2D eigenvalue weighted by Crippen LogP contribution is -2.50. The highest BCUT2D eigenvalue weighted by atomic mass is 32.2. The van der Waals surface area contributed by atoms with Gasteiger partial charge < -0.3 is 24.5 Å². The van der Waals surface area contributed by atoms with Crippen LogP contribution in [0.1, 0.15) is 72.7 Å². The van der Waals surface area contributed by atoms with Crippen molar-refractivity contribution in [3.63, 3.8) is 0 Å². The molecule has 1 saturated heterocycles. The first-order valence-corrected chi connectivity index (χ1v) is 16.4. The Balaban J connectivity index is 1.65. The highest BCUT2D eigenvalue weighted by Gasteiger charge is 2.33. The minimum Gasteiger partial charge on any atom is -0.384 e. The summed E-state index contributed by atoms with van der Waals surface area (Å²) in [7, 11) is 0.897. The summed E-state index contributed by atoms with van der Waals surface area (Å²) in [5.74, 6) is -5.74. The van der Waals surface area contributed by atoms with Crippen LogP contribution in [-0.2, 0) is 28.0 Å². The van der Waals surface area contributed by atoms with E-state index in [1.165, 1.54) is 12.1 Å². The third kappa shape index (κ3) is 9.29. The number of aliphatic hydroxyl groups excluding tert-OH is 1. The number of ether oxygens (including phenoxy) is 1. The number of methoxy groups -OCH3 is 1. The van der Waals surface area contributed by atoms with Crippen molar-refractivity contribution >= 4 is 23.4 Å². The largest absolute Gasteiger partial charge is 0.416 e. The van der Waals surface area contributed by atoms with E-state index in [0.717, 1.165) is 62.6 Å². The van der Waals surface area contributed by atoms with Crippen molar-refractivity contribution in [2.45, 2.75) is 50.2 Å². The molecule has 0 radical (unpaired) electrons. The van der Waals surface area contributed by atoms with Gasteiger partial charge in [0.2, 0.25) is 5.91 Å². The lowest BCUT2D eigenvalue weighted by Gasteiger charge is -2.40. The van der Waals surface area contributed by atoms with E-state index in [1.54, 1.807) is 0 Å². The van der Waals surface area contributed by atoms with Crippen LogP contribution in [0, 0.1) is 18.6 Å². The van der Waals surface area contributed by atoms with Crippen LogP contribution in [0.4, 0.5) is 27.6 Å². The average Bonchev–Trinajstić information content (AvgIpc) is 3.27. The second-order valence-corrected chi connectivity index (χ2v) is 12.1. The fourth-order valence-corrected chi connectivity index (χ4v) is 5.74. The van der Waals surface area contributed by atoms with Crippen LogP contribution in [0.15, 0.2) is 95.9 Å². The van der Waals surface area contributed by atoms with Crippen LogP contribution in [0.25, 0.3) is 11.1 Å². The molecule has 6 nitrogen and oxygen atoms in total. The summed E-state index contributed by atoms with van der Waals surface area (Å²) in [6, 6.07) is 2.06. The lowest BCUT2D eigenvalue weighted by atomic mass is 9.99. The molecule has 4 aromatic carbocycles. The van der Waals surface area contributed by atoms with Gasteiger partial charge in [0.15, 0.2) is 11.6 Å². The second kappa shape index (κ2) is 16.8. The monoisotopic (exact) mass is 770 g/mol. The van der Waals surface area contributed by atoms with Gasteiger partial charge in [0.25, 0.3) is 0 Å². The number of aliphatic hydroxyl groups is 1. The van der Waals surface area contributed by atoms with E-state index in [1.807, 2.05) is 0 Å². The standard InChI is InChI=1S/C41H42F5N3O3S/c1-27-6-15-36-34(22-27)37(50)23-39(53-26-31-4-3-5-35(42)40(31)43)49(36)25-38(51)48(33-16-18-47(19-17-33)20-21-52-2)24-28-7-9-29(10-8-28)30-11-13-32(14-12-30)41(44,45)46/h3-15,22-23,33,37,50H,16-21,24-26H2,1-2H3/i6D,15D,16D2,17D2,18D2,19D2,20D2,22D,23D,25D2,26D2,33D. The summed E-state index contributed by atoms with van der Waals surface area (Å²) in [5, 5.41) is 10.3. The molecule has 6 rings (SSSR count). The van der Waals surface area contributed by atoms with Gasteiger partial charge in [-0.05, 0) is 66.7 Å². The number of likely N-dealkylation sites (tertiary alicyclic amines) is 1. The van der Waals surface area contributed by atoms with Gasteiger partial charge in [0.1, 0.15) is 12.6 Å².